The molecule has 2 aromatic carbocycles. The first-order valence-electron chi connectivity index (χ1n) is 9.00. The summed E-state index contributed by atoms with van der Waals surface area (Å²) >= 11 is 0. The number of sulfonamides is 1. The summed E-state index contributed by atoms with van der Waals surface area (Å²) in [4.78, 5) is 12.4. The van der Waals surface area contributed by atoms with Gasteiger partial charge in [0.05, 0.1) is 4.90 Å². The van der Waals surface area contributed by atoms with Crippen LogP contribution in [0.5, 0.6) is 0 Å². The quantitative estimate of drug-likeness (QED) is 0.845. The Labute approximate surface area is 155 Å². The number of nitrogens with one attached hydrogen (secondary N) is 1. The normalized spacial score (nSPS) is 15.5. The molecular formula is C20H24N2O3S. The van der Waals surface area contributed by atoms with Gasteiger partial charge in [-0.25, -0.2) is 8.42 Å². The summed E-state index contributed by atoms with van der Waals surface area (Å²) in [7, 11) is -3.43. The molecule has 0 aliphatic carbocycles. The van der Waals surface area contributed by atoms with Crippen LogP contribution in [0.25, 0.3) is 0 Å². The molecule has 1 fully saturated rings. The molecule has 0 radical (unpaired) electrons. The van der Waals surface area contributed by atoms with Crippen molar-refractivity contribution in [1.29, 1.82) is 0 Å². The Balaban J connectivity index is 1.58. The van der Waals surface area contributed by atoms with E-state index in [9.17, 15) is 13.2 Å². The molecule has 2 aromatic rings. The Morgan fingerprint density at radius 3 is 2.23 bits per heavy atom. The van der Waals surface area contributed by atoms with E-state index in [1.807, 2.05) is 30.3 Å². The van der Waals surface area contributed by atoms with E-state index in [1.54, 1.807) is 28.6 Å². The van der Waals surface area contributed by atoms with Crippen LogP contribution in [0.1, 0.15) is 31.2 Å². The second kappa shape index (κ2) is 8.47. The Hall–Kier alpha value is -2.18. The van der Waals surface area contributed by atoms with Crippen LogP contribution in [0.4, 0.5) is 5.69 Å². The Bertz CT molecular complexity index is 827. The number of anilines is 1. The van der Waals surface area contributed by atoms with Gasteiger partial charge in [-0.15, -0.1) is 0 Å². The van der Waals surface area contributed by atoms with Crippen molar-refractivity contribution in [2.24, 2.45) is 0 Å². The molecular weight excluding hydrogens is 348 g/mol. The predicted molar refractivity (Wildman–Crippen MR) is 102 cm³/mol. The molecule has 1 heterocycles. The fourth-order valence-corrected chi connectivity index (χ4v) is 4.61. The van der Waals surface area contributed by atoms with Crippen molar-refractivity contribution in [2.75, 3.05) is 18.4 Å². The molecule has 5 nitrogen and oxygen atoms in total. The number of benzene rings is 2. The van der Waals surface area contributed by atoms with E-state index in [4.69, 9.17) is 0 Å². The van der Waals surface area contributed by atoms with E-state index in [2.05, 4.69) is 5.32 Å². The van der Waals surface area contributed by atoms with Gasteiger partial charge in [-0.05, 0) is 49.1 Å². The van der Waals surface area contributed by atoms with Crippen LogP contribution >= 0.6 is 0 Å². The Morgan fingerprint density at radius 2 is 1.58 bits per heavy atom. The Morgan fingerprint density at radius 1 is 0.923 bits per heavy atom. The van der Waals surface area contributed by atoms with Gasteiger partial charge in [0.1, 0.15) is 0 Å². The first-order valence-corrected chi connectivity index (χ1v) is 10.4. The molecule has 0 atom stereocenters. The molecule has 0 unspecified atom stereocenters. The van der Waals surface area contributed by atoms with Crippen molar-refractivity contribution in [3.8, 4) is 0 Å². The zero-order chi connectivity index (χ0) is 18.4. The number of amides is 1. The molecule has 0 saturated carbocycles. The number of piperidine rings is 1. The third-order valence-corrected chi connectivity index (χ3v) is 6.49. The average Bonchev–Trinajstić information content (AvgIpc) is 2.68. The van der Waals surface area contributed by atoms with Crippen LogP contribution in [0.2, 0.25) is 0 Å². The van der Waals surface area contributed by atoms with Gasteiger partial charge < -0.3 is 5.32 Å². The SMILES string of the molecule is O=C(CCc1ccccc1)Nc1ccc(S(=O)(=O)N2CCCCC2)cc1. The maximum atomic E-state index is 12.6. The molecule has 3 rings (SSSR count). The topological polar surface area (TPSA) is 66.5 Å². The molecule has 1 N–H and O–H groups in total. The summed E-state index contributed by atoms with van der Waals surface area (Å²) in [6.07, 6.45) is 3.97. The molecule has 0 spiro atoms. The molecule has 1 amide bonds. The van der Waals surface area contributed by atoms with Gasteiger partial charge in [0.25, 0.3) is 0 Å². The molecule has 6 heteroatoms. The molecule has 0 aromatic heterocycles. The van der Waals surface area contributed by atoms with Crippen molar-refractivity contribution in [3.05, 3.63) is 60.2 Å². The van der Waals surface area contributed by atoms with Crippen LogP contribution in [-0.2, 0) is 21.2 Å². The summed E-state index contributed by atoms with van der Waals surface area (Å²) in [6.45, 7) is 1.17. The molecule has 1 saturated heterocycles. The fourth-order valence-electron chi connectivity index (χ4n) is 3.09. The summed E-state index contributed by atoms with van der Waals surface area (Å²) in [5.41, 5.74) is 1.73. The maximum absolute atomic E-state index is 12.6. The highest BCUT2D eigenvalue weighted by atomic mass is 32.2. The minimum Gasteiger partial charge on any atom is -0.326 e. The van der Waals surface area contributed by atoms with E-state index in [-0.39, 0.29) is 10.8 Å². The summed E-state index contributed by atoms with van der Waals surface area (Å²) in [6, 6.07) is 16.3. The number of aryl methyl sites for hydroxylation is 1. The molecule has 138 valence electrons. The van der Waals surface area contributed by atoms with Crippen molar-refractivity contribution in [3.63, 3.8) is 0 Å². The molecule has 1 aliphatic heterocycles. The molecule has 1 aliphatic rings. The molecule has 26 heavy (non-hydrogen) atoms. The number of rotatable bonds is 6. The van der Waals surface area contributed by atoms with Crippen molar-refractivity contribution in [2.45, 2.75) is 37.0 Å². The monoisotopic (exact) mass is 372 g/mol. The lowest BCUT2D eigenvalue weighted by Gasteiger charge is -2.25. The predicted octanol–water partition coefficient (Wildman–Crippen LogP) is 3.43. The minimum absolute atomic E-state index is 0.0829. The van der Waals surface area contributed by atoms with Gasteiger partial charge in [0, 0.05) is 25.2 Å². The fraction of sp³-hybridized carbons (Fsp3) is 0.350. The van der Waals surface area contributed by atoms with Gasteiger partial charge in [-0.1, -0.05) is 36.8 Å². The lowest BCUT2D eigenvalue weighted by atomic mass is 10.1. The van der Waals surface area contributed by atoms with E-state index in [0.29, 0.717) is 31.6 Å². The third-order valence-electron chi connectivity index (χ3n) is 4.57. The van der Waals surface area contributed by atoms with Crippen LogP contribution in [0, 0.1) is 0 Å². The van der Waals surface area contributed by atoms with Crippen molar-refractivity contribution >= 4 is 21.6 Å². The standard InChI is InChI=1S/C20H24N2O3S/c23-20(14-9-17-7-3-1-4-8-17)21-18-10-12-19(13-11-18)26(24,25)22-15-5-2-6-16-22/h1,3-4,7-8,10-13H,2,5-6,9,14-16H2,(H,21,23). The zero-order valence-electron chi connectivity index (χ0n) is 14.7. The summed E-state index contributed by atoms with van der Waals surface area (Å²) in [5.74, 6) is -0.0829. The highest BCUT2D eigenvalue weighted by Gasteiger charge is 2.25. The van der Waals surface area contributed by atoms with Crippen LogP contribution < -0.4 is 5.32 Å². The van der Waals surface area contributed by atoms with Gasteiger partial charge >= 0.3 is 0 Å². The second-order valence-electron chi connectivity index (χ2n) is 6.52. The van der Waals surface area contributed by atoms with Gasteiger partial charge in [0.15, 0.2) is 0 Å². The van der Waals surface area contributed by atoms with E-state index in [1.165, 1.54) is 0 Å². The number of carbonyl (C=O) groups excluding carboxylic acids is 1. The first-order chi connectivity index (χ1) is 12.6. The van der Waals surface area contributed by atoms with Gasteiger partial charge in [-0.3, -0.25) is 4.79 Å². The minimum atomic E-state index is -3.43. The maximum Gasteiger partial charge on any atom is 0.243 e. The van der Waals surface area contributed by atoms with Gasteiger partial charge in [-0.2, -0.15) is 4.31 Å². The first kappa shape index (κ1) is 18.6. The summed E-state index contributed by atoms with van der Waals surface area (Å²) < 4.78 is 26.8. The highest BCUT2D eigenvalue weighted by molar-refractivity contribution is 7.89. The van der Waals surface area contributed by atoms with Crippen LogP contribution in [0.15, 0.2) is 59.5 Å². The van der Waals surface area contributed by atoms with E-state index < -0.39 is 10.0 Å². The number of hydrogen-bond donors (Lipinski definition) is 1. The largest absolute Gasteiger partial charge is 0.326 e. The van der Waals surface area contributed by atoms with Crippen LogP contribution in [0.3, 0.4) is 0 Å². The zero-order valence-corrected chi connectivity index (χ0v) is 15.5. The second-order valence-corrected chi connectivity index (χ2v) is 8.46. The Kier molecular flexibility index (Phi) is 6.06. The van der Waals surface area contributed by atoms with E-state index in [0.717, 1.165) is 24.8 Å². The molecule has 0 bridgehead atoms. The lowest BCUT2D eigenvalue weighted by molar-refractivity contribution is -0.116. The van der Waals surface area contributed by atoms with Crippen molar-refractivity contribution < 1.29 is 13.2 Å². The van der Waals surface area contributed by atoms with Gasteiger partial charge in [0.2, 0.25) is 15.9 Å². The smallest absolute Gasteiger partial charge is 0.243 e. The lowest BCUT2D eigenvalue weighted by Crippen LogP contribution is -2.35. The van der Waals surface area contributed by atoms with Crippen LogP contribution in [-0.4, -0.2) is 31.7 Å². The third kappa shape index (κ3) is 4.71. The number of nitrogens with zero attached hydrogens (tertiary/aromatic N) is 1. The van der Waals surface area contributed by atoms with Crippen molar-refractivity contribution in [1.82, 2.24) is 4.31 Å². The average molecular weight is 372 g/mol. The highest BCUT2D eigenvalue weighted by Crippen LogP contribution is 2.22. The number of carbonyl (C=O) groups is 1. The van der Waals surface area contributed by atoms with E-state index >= 15 is 0 Å². The summed E-state index contributed by atoms with van der Waals surface area (Å²) in [5, 5.41) is 2.82. The number of hydrogen-bond acceptors (Lipinski definition) is 3.